The number of benzene rings is 1. The van der Waals surface area contributed by atoms with Crippen LogP contribution in [0.25, 0.3) is 5.69 Å². The van der Waals surface area contributed by atoms with Crippen molar-refractivity contribution in [3.8, 4) is 5.69 Å². The molecule has 1 aromatic heterocycles. The van der Waals surface area contributed by atoms with Gasteiger partial charge in [-0.05, 0) is 25.5 Å². The second-order valence-corrected chi connectivity index (χ2v) is 4.08. The number of rotatable bonds is 3. The van der Waals surface area contributed by atoms with E-state index < -0.39 is 5.97 Å². The second kappa shape index (κ2) is 5.18. The first-order valence-corrected chi connectivity index (χ1v) is 5.86. The minimum absolute atomic E-state index is 0.163. The smallest absolute Gasteiger partial charge is 0.360 e. The van der Waals surface area contributed by atoms with E-state index in [1.165, 1.54) is 10.9 Å². The predicted molar refractivity (Wildman–Crippen MR) is 67.1 cm³/mol. The monoisotopic (exact) mass is 265 g/mol. The standard InChI is InChI=1S/C12H12ClN3O2/c1-3-18-12(17)10-7-16(15-14-10)11-8(2)5-4-6-9(11)13/h4-7H,3H2,1-2H3. The van der Waals surface area contributed by atoms with Crippen molar-refractivity contribution in [2.45, 2.75) is 13.8 Å². The third-order valence-corrected chi connectivity index (χ3v) is 2.70. The van der Waals surface area contributed by atoms with E-state index in [0.717, 1.165) is 5.56 Å². The minimum atomic E-state index is -0.492. The van der Waals surface area contributed by atoms with Crippen LogP contribution in [-0.2, 0) is 4.74 Å². The number of nitrogens with zero attached hydrogens (tertiary/aromatic N) is 3. The average Bonchev–Trinajstić information content (AvgIpc) is 2.78. The van der Waals surface area contributed by atoms with Gasteiger partial charge >= 0.3 is 5.97 Å². The van der Waals surface area contributed by atoms with Crippen LogP contribution in [-0.4, -0.2) is 27.6 Å². The fourth-order valence-corrected chi connectivity index (χ4v) is 1.89. The van der Waals surface area contributed by atoms with Crippen LogP contribution < -0.4 is 0 Å². The zero-order valence-electron chi connectivity index (χ0n) is 10.1. The van der Waals surface area contributed by atoms with Crippen molar-refractivity contribution in [1.82, 2.24) is 15.0 Å². The van der Waals surface area contributed by atoms with Crippen molar-refractivity contribution < 1.29 is 9.53 Å². The zero-order valence-corrected chi connectivity index (χ0v) is 10.8. The Morgan fingerprint density at radius 3 is 2.94 bits per heavy atom. The summed E-state index contributed by atoms with van der Waals surface area (Å²) in [5.74, 6) is -0.492. The Kier molecular flexibility index (Phi) is 3.62. The molecule has 0 aliphatic heterocycles. The molecule has 0 aliphatic rings. The molecular weight excluding hydrogens is 254 g/mol. The van der Waals surface area contributed by atoms with Crippen LogP contribution in [0.4, 0.5) is 0 Å². The number of hydrogen-bond donors (Lipinski definition) is 0. The highest BCUT2D eigenvalue weighted by atomic mass is 35.5. The van der Waals surface area contributed by atoms with Gasteiger partial charge in [0, 0.05) is 0 Å². The van der Waals surface area contributed by atoms with Gasteiger partial charge in [0.2, 0.25) is 0 Å². The molecule has 0 saturated heterocycles. The molecule has 94 valence electrons. The fraction of sp³-hybridized carbons (Fsp3) is 0.250. The Morgan fingerprint density at radius 1 is 1.50 bits per heavy atom. The van der Waals surface area contributed by atoms with Gasteiger partial charge < -0.3 is 4.74 Å². The minimum Gasteiger partial charge on any atom is -0.461 e. The maximum absolute atomic E-state index is 11.5. The highest BCUT2D eigenvalue weighted by molar-refractivity contribution is 6.32. The number of carbonyl (C=O) groups is 1. The molecule has 0 saturated carbocycles. The van der Waals surface area contributed by atoms with E-state index in [1.54, 1.807) is 13.0 Å². The maximum Gasteiger partial charge on any atom is 0.360 e. The van der Waals surface area contributed by atoms with Crippen LogP contribution in [0.2, 0.25) is 5.02 Å². The normalized spacial score (nSPS) is 10.4. The molecule has 2 rings (SSSR count). The maximum atomic E-state index is 11.5. The molecule has 0 amide bonds. The summed E-state index contributed by atoms with van der Waals surface area (Å²) < 4.78 is 6.33. The highest BCUT2D eigenvalue weighted by Crippen LogP contribution is 2.23. The van der Waals surface area contributed by atoms with Crippen LogP contribution in [0.1, 0.15) is 23.0 Å². The third kappa shape index (κ3) is 2.36. The Bertz CT molecular complexity index is 560. The van der Waals surface area contributed by atoms with Gasteiger partial charge in [-0.15, -0.1) is 5.10 Å². The van der Waals surface area contributed by atoms with E-state index in [0.29, 0.717) is 17.3 Å². The van der Waals surface area contributed by atoms with Crippen molar-refractivity contribution in [2.75, 3.05) is 6.61 Å². The van der Waals surface area contributed by atoms with E-state index in [9.17, 15) is 4.79 Å². The van der Waals surface area contributed by atoms with Crippen LogP contribution in [0, 0.1) is 6.92 Å². The summed E-state index contributed by atoms with van der Waals surface area (Å²) in [4.78, 5) is 11.5. The summed E-state index contributed by atoms with van der Waals surface area (Å²) in [7, 11) is 0. The number of hydrogen-bond acceptors (Lipinski definition) is 4. The number of esters is 1. The molecule has 1 heterocycles. The quantitative estimate of drug-likeness (QED) is 0.800. The molecule has 1 aromatic carbocycles. The SMILES string of the molecule is CCOC(=O)c1cn(-c2c(C)cccc2Cl)nn1. The van der Waals surface area contributed by atoms with Crippen molar-refractivity contribution in [3.05, 3.63) is 40.7 Å². The molecule has 5 nitrogen and oxygen atoms in total. The van der Waals surface area contributed by atoms with Crippen LogP contribution in [0.3, 0.4) is 0 Å². The van der Waals surface area contributed by atoms with Gasteiger partial charge in [-0.1, -0.05) is 28.9 Å². The lowest BCUT2D eigenvalue weighted by molar-refractivity contribution is 0.0519. The number of ether oxygens (including phenoxy) is 1. The third-order valence-electron chi connectivity index (χ3n) is 2.40. The Balaban J connectivity index is 2.38. The second-order valence-electron chi connectivity index (χ2n) is 3.67. The van der Waals surface area contributed by atoms with Gasteiger partial charge in [-0.3, -0.25) is 0 Å². The van der Waals surface area contributed by atoms with Crippen molar-refractivity contribution in [1.29, 1.82) is 0 Å². The summed E-state index contributed by atoms with van der Waals surface area (Å²) >= 11 is 6.11. The summed E-state index contributed by atoms with van der Waals surface area (Å²) in [6.45, 7) is 3.95. The first kappa shape index (κ1) is 12.6. The van der Waals surface area contributed by atoms with Gasteiger partial charge in [0.1, 0.15) is 0 Å². The lowest BCUT2D eigenvalue weighted by atomic mass is 10.2. The van der Waals surface area contributed by atoms with E-state index in [4.69, 9.17) is 16.3 Å². The van der Waals surface area contributed by atoms with E-state index in [2.05, 4.69) is 10.3 Å². The zero-order chi connectivity index (χ0) is 13.1. The molecule has 0 radical (unpaired) electrons. The molecule has 0 N–H and O–H groups in total. The van der Waals surface area contributed by atoms with Gasteiger partial charge in [0.15, 0.2) is 5.69 Å². The largest absolute Gasteiger partial charge is 0.461 e. The van der Waals surface area contributed by atoms with E-state index >= 15 is 0 Å². The molecule has 0 bridgehead atoms. The van der Waals surface area contributed by atoms with Gasteiger partial charge in [-0.2, -0.15) is 0 Å². The Labute approximate surface area is 109 Å². The number of para-hydroxylation sites is 1. The number of halogens is 1. The lowest BCUT2D eigenvalue weighted by Gasteiger charge is -2.06. The summed E-state index contributed by atoms with van der Waals surface area (Å²) in [6, 6.07) is 5.52. The molecule has 18 heavy (non-hydrogen) atoms. The van der Waals surface area contributed by atoms with Gasteiger partial charge in [-0.25, -0.2) is 9.48 Å². The molecule has 0 fully saturated rings. The first-order valence-electron chi connectivity index (χ1n) is 5.48. The topological polar surface area (TPSA) is 57.0 Å². The molecule has 2 aromatic rings. The fourth-order valence-electron chi connectivity index (χ4n) is 1.58. The van der Waals surface area contributed by atoms with Crippen LogP contribution >= 0.6 is 11.6 Å². The predicted octanol–water partition coefficient (Wildman–Crippen LogP) is 2.41. The number of carbonyl (C=O) groups excluding carboxylic acids is 1. The highest BCUT2D eigenvalue weighted by Gasteiger charge is 2.14. The molecule has 0 atom stereocenters. The molecule has 0 spiro atoms. The van der Waals surface area contributed by atoms with Crippen LogP contribution in [0.15, 0.2) is 24.4 Å². The molecular formula is C12H12ClN3O2. The Hall–Kier alpha value is -1.88. The summed E-state index contributed by atoms with van der Waals surface area (Å²) in [5, 5.41) is 8.22. The lowest BCUT2D eigenvalue weighted by Crippen LogP contribution is -2.04. The van der Waals surface area contributed by atoms with Gasteiger partial charge in [0.05, 0.1) is 23.5 Å². The van der Waals surface area contributed by atoms with Crippen molar-refractivity contribution in [3.63, 3.8) is 0 Å². The number of aryl methyl sites for hydroxylation is 1. The summed E-state index contributed by atoms with van der Waals surface area (Å²) in [5.41, 5.74) is 1.82. The van der Waals surface area contributed by atoms with E-state index in [-0.39, 0.29) is 5.69 Å². The van der Waals surface area contributed by atoms with E-state index in [1.807, 2.05) is 19.1 Å². The summed E-state index contributed by atoms with van der Waals surface area (Å²) in [6.07, 6.45) is 1.51. The molecule has 0 unspecified atom stereocenters. The molecule has 6 heteroatoms. The first-order chi connectivity index (χ1) is 8.63. The Morgan fingerprint density at radius 2 is 2.28 bits per heavy atom. The van der Waals surface area contributed by atoms with Crippen molar-refractivity contribution in [2.24, 2.45) is 0 Å². The van der Waals surface area contributed by atoms with Crippen LogP contribution in [0.5, 0.6) is 0 Å². The van der Waals surface area contributed by atoms with Gasteiger partial charge in [0.25, 0.3) is 0 Å². The molecule has 0 aliphatic carbocycles. The van der Waals surface area contributed by atoms with Crippen molar-refractivity contribution >= 4 is 17.6 Å². The average molecular weight is 266 g/mol. The number of aromatic nitrogens is 3.